The molecule has 0 aromatic heterocycles. The maximum absolute atomic E-state index is 5.43. The highest BCUT2D eigenvalue weighted by Crippen LogP contribution is 2.19. The SMILES string of the molecule is CC(C)SCCN1CCC[C@@H](CN2CCOCC2)C1. The van der Waals surface area contributed by atoms with E-state index in [9.17, 15) is 0 Å². The molecule has 0 bridgehead atoms. The summed E-state index contributed by atoms with van der Waals surface area (Å²) in [5.74, 6) is 2.18. The Bertz CT molecular complexity index is 244. The first-order chi connectivity index (χ1) is 9.24. The molecule has 2 rings (SSSR count). The van der Waals surface area contributed by atoms with Gasteiger partial charge in [0.1, 0.15) is 0 Å². The van der Waals surface area contributed by atoms with E-state index < -0.39 is 0 Å². The summed E-state index contributed by atoms with van der Waals surface area (Å²) in [7, 11) is 0. The molecule has 112 valence electrons. The Morgan fingerprint density at radius 2 is 1.95 bits per heavy atom. The molecule has 19 heavy (non-hydrogen) atoms. The van der Waals surface area contributed by atoms with Gasteiger partial charge in [-0.3, -0.25) is 4.90 Å². The monoisotopic (exact) mass is 286 g/mol. The standard InChI is InChI=1S/C15H30N2OS/c1-14(2)19-11-8-16-5-3-4-15(12-16)13-17-6-9-18-10-7-17/h14-15H,3-13H2,1-2H3/t15-/m1/s1. The molecule has 0 N–H and O–H groups in total. The molecule has 3 nitrogen and oxygen atoms in total. The van der Waals surface area contributed by atoms with E-state index in [1.54, 1.807) is 0 Å². The predicted molar refractivity (Wildman–Crippen MR) is 84.0 cm³/mol. The van der Waals surface area contributed by atoms with Crippen molar-refractivity contribution < 1.29 is 4.74 Å². The fraction of sp³-hybridized carbons (Fsp3) is 1.00. The van der Waals surface area contributed by atoms with E-state index in [2.05, 4.69) is 35.4 Å². The first kappa shape index (κ1) is 15.6. The van der Waals surface area contributed by atoms with Gasteiger partial charge in [-0.05, 0) is 30.6 Å². The normalized spacial score (nSPS) is 27.0. The number of hydrogen-bond donors (Lipinski definition) is 0. The van der Waals surface area contributed by atoms with Crippen LogP contribution in [0.25, 0.3) is 0 Å². The van der Waals surface area contributed by atoms with Gasteiger partial charge in [0.05, 0.1) is 13.2 Å². The number of thioether (sulfide) groups is 1. The molecule has 2 saturated heterocycles. The van der Waals surface area contributed by atoms with Gasteiger partial charge in [-0.25, -0.2) is 0 Å². The first-order valence-electron chi connectivity index (χ1n) is 7.88. The first-order valence-corrected chi connectivity index (χ1v) is 8.93. The molecule has 0 aliphatic carbocycles. The van der Waals surface area contributed by atoms with Crippen LogP contribution in [0.4, 0.5) is 0 Å². The molecular formula is C15H30N2OS. The third kappa shape index (κ3) is 6.03. The van der Waals surface area contributed by atoms with Crippen LogP contribution < -0.4 is 0 Å². The lowest BCUT2D eigenvalue weighted by Gasteiger charge is -2.36. The Morgan fingerprint density at radius 1 is 1.16 bits per heavy atom. The lowest BCUT2D eigenvalue weighted by atomic mass is 9.97. The van der Waals surface area contributed by atoms with Gasteiger partial charge >= 0.3 is 0 Å². The molecule has 0 spiro atoms. The second-order valence-corrected chi connectivity index (χ2v) is 7.83. The highest BCUT2D eigenvalue weighted by Gasteiger charge is 2.22. The molecule has 0 amide bonds. The van der Waals surface area contributed by atoms with Crippen molar-refractivity contribution in [1.29, 1.82) is 0 Å². The summed E-state index contributed by atoms with van der Waals surface area (Å²) in [6.45, 7) is 13.9. The number of nitrogens with zero attached hydrogens (tertiary/aromatic N) is 2. The summed E-state index contributed by atoms with van der Waals surface area (Å²) in [4.78, 5) is 5.28. The van der Waals surface area contributed by atoms with Crippen LogP contribution >= 0.6 is 11.8 Å². The Kier molecular flexibility index (Phi) is 6.99. The fourth-order valence-electron chi connectivity index (χ4n) is 3.07. The zero-order valence-electron chi connectivity index (χ0n) is 12.6. The zero-order valence-corrected chi connectivity index (χ0v) is 13.5. The molecule has 2 aliphatic heterocycles. The van der Waals surface area contributed by atoms with E-state index in [4.69, 9.17) is 4.74 Å². The largest absolute Gasteiger partial charge is 0.379 e. The molecule has 0 aromatic carbocycles. The Morgan fingerprint density at radius 3 is 2.68 bits per heavy atom. The van der Waals surface area contributed by atoms with Gasteiger partial charge in [-0.1, -0.05) is 13.8 Å². The number of likely N-dealkylation sites (tertiary alicyclic amines) is 1. The van der Waals surface area contributed by atoms with Gasteiger partial charge < -0.3 is 9.64 Å². The summed E-state index contributed by atoms with van der Waals surface area (Å²) >= 11 is 2.09. The van der Waals surface area contributed by atoms with E-state index >= 15 is 0 Å². The summed E-state index contributed by atoms with van der Waals surface area (Å²) < 4.78 is 5.43. The third-order valence-electron chi connectivity index (χ3n) is 4.08. The molecule has 0 aromatic rings. The molecule has 2 aliphatic rings. The van der Waals surface area contributed by atoms with Crippen LogP contribution in [-0.4, -0.2) is 73.3 Å². The van der Waals surface area contributed by atoms with Crippen molar-refractivity contribution >= 4 is 11.8 Å². The summed E-state index contributed by atoms with van der Waals surface area (Å²) in [5, 5.41) is 0.772. The Hall–Kier alpha value is 0.230. The number of morpholine rings is 1. The Labute approximate surface area is 123 Å². The van der Waals surface area contributed by atoms with Crippen LogP contribution in [0.2, 0.25) is 0 Å². The van der Waals surface area contributed by atoms with E-state index in [0.29, 0.717) is 0 Å². The average molecular weight is 286 g/mol. The van der Waals surface area contributed by atoms with Gasteiger partial charge in [0.25, 0.3) is 0 Å². The maximum Gasteiger partial charge on any atom is 0.0594 e. The van der Waals surface area contributed by atoms with Gasteiger partial charge in [0.2, 0.25) is 0 Å². The summed E-state index contributed by atoms with van der Waals surface area (Å²) in [6.07, 6.45) is 2.81. The highest BCUT2D eigenvalue weighted by molar-refractivity contribution is 7.99. The van der Waals surface area contributed by atoms with Gasteiger partial charge in [0, 0.05) is 38.5 Å². The van der Waals surface area contributed by atoms with Crippen molar-refractivity contribution in [2.45, 2.75) is 31.9 Å². The summed E-state index contributed by atoms with van der Waals surface area (Å²) in [6, 6.07) is 0. The van der Waals surface area contributed by atoms with Crippen molar-refractivity contribution in [3.8, 4) is 0 Å². The minimum atomic E-state index is 0.772. The van der Waals surface area contributed by atoms with Crippen LogP contribution in [0.15, 0.2) is 0 Å². The second-order valence-electron chi connectivity index (χ2n) is 6.14. The third-order valence-corrected chi connectivity index (χ3v) is 5.17. The molecule has 4 heteroatoms. The quantitative estimate of drug-likeness (QED) is 0.743. The lowest BCUT2D eigenvalue weighted by Crippen LogP contribution is -2.45. The van der Waals surface area contributed by atoms with Crippen LogP contribution in [0.1, 0.15) is 26.7 Å². The average Bonchev–Trinajstić information content (AvgIpc) is 2.40. The molecule has 1 atom stereocenters. The number of hydrogen-bond acceptors (Lipinski definition) is 4. The van der Waals surface area contributed by atoms with Crippen molar-refractivity contribution in [3.05, 3.63) is 0 Å². The van der Waals surface area contributed by atoms with E-state index in [-0.39, 0.29) is 0 Å². The van der Waals surface area contributed by atoms with E-state index in [1.165, 1.54) is 44.8 Å². The van der Waals surface area contributed by atoms with Crippen molar-refractivity contribution in [2.75, 3.05) is 58.2 Å². The summed E-state index contributed by atoms with van der Waals surface area (Å²) in [5.41, 5.74) is 0. The molecule has 0 radical (unpaired) electrons. The van der Waals surface area contributed by atoms with Crippen molar-refractivity contribution in [2.24, 2.45) is 5.92 Å². The topological polar surface area (TPSA) is 15.7 Å². The van der Waals surface area contributed by atoms with Gasteiger partial charge in [-0.15, -0.1) is 0 Å². The fourth-order valence-corrected chi connectivity index (χ4v) is 3.90. The number of ether oxygens (including phenoxy) is 1. The van der Waals surface area contributed by atoms with Crippen molar-refractivity contribution in [1.82, 2.24) is 9.80 Å². The van der Waals surface area contributed by atoms with Crippen LogP contribution in [0, 0.1) is 5.92 Å². The van der Waals surface area contributed by atoms with Crippen molar-refractivity contribution in [3.63, 3.8) is 0 Å². The lowest BCUT2D eigenvalue weighted by molar-refractivity contribution is 0.0233. The van der Waals surface area contributed by atoms with Crippen LogP contribution in [0.5, 0.6) is 0 Å². The number of rotatable bonds is 6. The highest BCUT2D eigenvalue weighted by atomic mass is 32.2. The molecule has 2 heterocycles. The smallest absolute Gasteiger partial charge is 0.0594 e. The second kappa shape index (κ2) is 8.50. The molecule has 0 saturated carbocycles. The van der Waals surface area contributed by atoms with Crippen LogP contribution in [-0.2, 0) is 4.74 Å². The van der Waals surface area contributed by atoms with Crippen LogP contribution in [0.3, 0.4) is 0 Å². The Balaban J connectivity index is 1.64. The molecular weight excluding hydrogens is 256 g/mol. The minimum absolute atomic E-state index is 0.772. The van der Waals surface area contributed by atoms with Gasteiger partial charge in [0.15, 0.2) is 0 Å². The number of piperidine rings is 1. The molecule has 0 unspecified atom stereocenters. The van der Waals surface area contributed by atoms with Gasteiger partial charge in [-0.2, -0.15) is 11.8 Å². The zero-order chi connectivity index (χ0) is 13.5. The van der Waals surface area contributed by atoms with E-state index in [0.717, 1.165) is 37.5 Å². The maximum atomic E-state index is 5.43. The minimum Gasteiger partial charge on any atom is -0.379 e. The van der Waals surface area contributed by atoms with E-state index in [1.807, 2.05) is 0 Å². The predicted octanol–water partition coefficient (Wildman–Crippen LogP) is 2.17. The molecule has 2 fully saturated rings.